The van der Waals surface area contributed by atoms with Crippen LogP contribution in [0.3, 0.4) is 0 Å². The maximum Gasteiger partial charge on any atom is 0.271 e. The van der Waals surface area contributed by atoms with E-state index in [1.807, 2.05) is 19.1 Å². The normalized spacial score (nSPS) is 11.4. The fourth-order valence-electron chi connectivity index (χ4n) is 2.08. The molecule has 0 aliphatic rings. The van der Waals surface area contributed by atoms with Gasteiger partial charge in [-0.15, -0.1) is 11.3 Å². The average Bonchev–Trinajstić information content (AvgIpc) is 3.00. The minimum absolute atomic E-state index is 0.331. The molecule has 0 spiro atoms. The number of hydrogen-bond donors (Lipinski definition) is 1. The first-order valence-electron chi connectivity index (χ1n) is 7.32. The van der Waals surface area contributed by atoms with Crippen LogP contribution in [0.2, 0.25) is 0 Å². The Kier molecular flexibility index (Phi) is 5.42. The molecular formula is C15H21N3O2S2. The van der Waals surface area contributed by atoms with Crippen LogP contribution in [-0.4, -0.2) is 26.5 Å². The zero-order chi connectivity index (χ0) is 16.2. The quantitative estimate of drug-likeness (QED) is 0.840. The van der Waals surface area contributed by atoms with E-state index in [-0.39, 0.29) is 0 Å². The van der Waals surface area contributed by atoms with Gasteiger partial charge in [-0.1, -0.05) is 6.92 Å². The van der Waals surface area contributed by atoms with Crippen LogP contribution in [0.4, 0.5) is 11.5 Å². The highest BCUT2D eigenvalue weighted by molar-refractivity contribution is 7.94. The number of rotatable bonds is 7. The van der Waals surface area contributed by atoms with Crippen molar-refractivity contribution >= 4 is 32.9 Å². The van der Waals surface area contributed by atoms with Crippen LogP contribution >= 0.6 is 11.3 Å². The molecule has 2 rings (SSSR count). The van der Waals surface area contributed by atoms with E-state index >= 15 is 0 Å². The standard InChI is InChI=1S/C15H21N3O2S2/c1-4-13-8-10-15(21-13)22(19,20)17-12-7-9-14(16-11-12)18(5-2)6-3/h7-11,17H,4-6H2,1-3H3. The SMILES string of the molecule is CCc1ccc(S(=O)(=O)Nc2ccc(N(CC)CC)nc2)s1. The van der Waals surface area contributed by atoms with Gasteiger partial charge in [0.1, 0.15) is 10.0 Å². The van der Waals surface area contributed by atoms with Gasteiger partial charge in [0, 0.05) is 18.0 Å². The first-order valence-corrected chi connectivity index (χ1v) is 9.62. The Labute approximate surface area is 136 Å². The van der Waals surface area contributed by atoms with Gasteiger partial charge >= 0.3 is 0 Å². The molecule has 2 heterocycles. The Balaban J connectivity index is 2.16. The number of aromatic nitrogens is 1. The van der Waals surface area contributed by atoms with Crippen molar-refractivity contribution in [1.82, 2.24) is 4.98 Å². The number of aryl methyl sites for hydroxylation is 1. The lowest BCUT2D eigenvalue weighted by molar-refractivity contribution is 0.603. The molecule has 0 aliphatic carbocycles. The van der Waals surface area contributed by atoms with Crippen LogP contribution in [0.1, 0.15) is 25.6 Å². The Morgan fingerprint density at radius 3 is 2.36 bits per heavy atom. The molecule has 2 aromatic rings. The molecule has 0 fully saturated rings. The third kappa shape index (κ3) is 3.78. The van der Waals surface area contributed by atoms with Crippen LogP contribution in [-0.2, 0) is 16.4 Å². The third-order valence-corrected chi connectivity index (χ3v) is 6.44. The molecule has 120 valence electrons. The minimum atomic E-state index is -3.53. The van der Waals surface area contributed by atoms with Crippen LogP contribution in [0, 0.1) is 0 Å². The molecule has 22 heavy (non-hydrogen) atoms. The fraction of sp³-hybridized carbons (Fsp3) is 0.400. The summed E-state index contributed by atoms with van der Waals surface area (Å²) in [5.41, 5.74) is 0.474. The number of hydrogen-bond acceptors (Lipinski definition) is 5. The van der Waals surface area contributed by atoms with E-state index in [1.54, 1.807) is 18.3 Å². The number of pyridine rings is 1. The number of thiophene rings is 1. The van der Waals surface area contributed by atoms with Crippen molar-refractivity contribution in [2.24, 2.45) is 0 Å². The Bertz CT molecular complexity index is 705. The summed E-state index contributed by atoms with van der Waals surface area (Å²) < 4.78 is 27.6. The van der Waals surface area contributed by atoms with Gasteiger partial charge in [-0.25, -0.2) is 13.4 Å². The Morgan fingerprint density at radius 1 is 1.14 bits per heavy atom. The summed E-state index contributed by atoms with van der Waals surface area (Å²) in [5.74, 6) is 0.845. The van der Waals surface area contributed by atoms with Gasteiger partial charge in [0.2, 0.25) is 0 Å². The van der Waals surface area contributed by atoms with Crippen molar-refractivity contribution in [2.75, 3.05) is 22.7 Å². The summed E-state index contributed by atoms with van der Waals surface area (Å²) in [6.07, 6.45) is 2.39. The fourth-order valence-corrected chi connectivity index (χ4v) is 4.42. The molecule has 0 amide bonds. The van der Waals surface area contributed by atoms with Gasteiger partial charge in [0.05, 0.1) is 11.9 Å². The summed E-state index contributed by atoms with van der Waals surface area (Å²) in [4.78, 5) is 7.48. The summed E-state index contributed by atoms with van der Waals surface area (Å²) in [6, 6.07) is 7.06. The van der Waals surface area contributed by atoms with Gasteiger partial charge in [-0.05, 0) is 44.5 Å². The summed E-state index contributed by atoms with van der Waals surface area (Å²) in [6.45, 7) is 7.85. The smallest absolute Gasteiger partial charge is 0.271 e. The lowest BCUT2D eigenvalue weighted by Gasteiger charge is -2.19. The van der Waals surface area contributed by atoms with Crippen molar-refractivity contribution < 1.29 is 8.42 Å². The van der Waals surface area contributed by atoms with Crippen LogP contribution < -0.4 is 9.62 Å². The molecule has 0 saturated carbocycles. The maximum absolute atomic E-state index is 12.3. The van der Waals surface area contributed by atoms with Crippen molar-refractivity contribution in [2.45, 2.75) is 31.4 Å². The summed E-state index contributed by atoms with van der Waals surface area (Å²) >= 11 is 1.30. The first kappa shape index (κ1) is 16.8. The van der Waals surface area contributed by atoms with Crippen molar-refractivity contribution in [3.63, 3.8) is 0 Å². The second-order valence-corrected chi connectivity index (χ2v) is 7.83. The molecule has 7 heteroatoms. The molecule has 0 aromatic carbocycles. The van der Waals surface area contributed by atoms with Crippen LogP contribution in [0.5, 0.6) is 0 Å². The molecule has 5 nitrogen and oxygen atoms in total. The Morgan fingerprint density at radius 2 is 1.86 bits per heavy atom. The Hall–Kier alpha value is -1.60. The molecule has 0 aliphatic heterocycles. The lowest BCUT2D eigenvalue weighted by Crippen LogP contribution is -2.22. The van der Waals surface area contributed by atoms with E-state index in [0.29, 0.717) is 9.90 Å². The molecule has 0 bridgehead atoms. The van der Waals surface area contributed by atoms with E-state index in [9.17, 15) is 8.42 Å². The molecule has 0 radical (unpaired) electrons. The predicted octanol–water partition coefficient (Wildman–Crippen LogP) is 3.35. The average molecular weight is 339 g/mol. The second-order valence-electron chi connectivity index (χ2n) is 4.76. The van der Waals surface area contributed by atoms with E-state index in [0.717, 1.165) is 30.2 Å². The van der Waals surface area contributed by atoms with Crippen LogP contribution in [0.15, 0.2) is 34.7 Å². The second kappa shape index (κ2) is 7.11. The summed E-state index contributed by atoms with van der Waals surface area (Å²) in [7, 11) is -3.53. The molecular weight excluding hydrogens is 318 g/mol. The highest BCUT2D eigenvalue weighted by Crippen LogP contribution is 2.24. The molecule has 0 atom stereocenters. The van der Waals surface area contributed by atoms with E-state index in [2.05, 4.69) is 28.5 Å². The number of sulfonamides is 1. The van der Waals surface area contributed by atoms with Gasteiger partial charge in [-0.3, -0.25) is 4.72 Å². The summed E-state index contributed by atoms with van der Waals surface area (Å²) in [5, 5.41) is 0. The maximum atomic E-state index is 12.3. The van der Waals surface area contributed by atoms with Gasteiger partial charge in [-0.2, -0.15) is 0 Å². The molecule has 0 unspecified atom stereocenters. The highest BCUT2D eigenvalue weighted by Gasteiger charge is 2.17. The van der Waals surface area contributed by atoms with Gasteiger partial charge in [0.25, 0.3) is 10.0 Å². The highest BCUT2D eigenvalue weighted by atomic mass is 32.2. The zero-order valence-electron chi connectivity index (χ0n) is 13.0. The van der Waals surface area contributed by atoms with Crippen molar-refractivity contribution in [1.29, 1.82) is 0 Å². The van der Waals surface area contributed by atoms with E-state index < -0.39 is 10.0 Å². The largest absolute Gasteiger partial charge is 0.357 e. The first-order chi connectivity index (χ1) is 10.5. The van der Waals surface area contributed by atoms with Crippen molar-refractivity contribution in [3.8, 4) is 0 Å². The topological polar surface area (TPSA) is 62.3 Å². The molecule has 0 saturated heterocycles. The minimum Gasteiger partial charge on any atom is -0.357 e. The van der Waals surface area contributed by atoms with Crippen molar-refractivity contribution in [3.05, 3.63) is 35.3 Å². The van der Waals surface area contributed by atoms with Gasteiger partial charge in [0.15, 0.2) is 0 Å². The van der Waals surface area contributed by atoms with Gasteiger partial charge < -0.3 is 4.90 Å². The molecule has 1 N–H and O–H groups in total. The van der Waals surface area contributed by atoms with E-state index in [4.69, 9.17) is 0 Å². The lowest BCUT2D eigenvalue weighted by atomic mass is 10.4. The third-order valence-electron chi connectivity index (χ3n) is 3.34. The monoisotopic (exact) mass is 339 g/mol. The number of nitrogens with one attached hydrogen (secondary N) is 1. The number of nitrogens with zero attached hydrogens (tertiary/aromatic N) is 2. The predicted molar refractivity (Wildman–Crippen MR) is 92.3 cm³/mol. The van der Waals surface area contributed by atoms with Crippen LogP contribution in [0.25, 0.3) is 0 Å². The number of anilines is 2. The van der Waals surface area contributed by atoms with E-state index in [1.165, 1.54) is 11.3 Å². The zero-order valence-corrected chi connectivity index (χ0v) is 14.7. The molecule has 2 aromatic heterocycles.